The number of esters is 1. The number of aliphatic hydroxyl groups excluding tert-OH is 1. The van der Waals surface area contributed by atoms with Crippen LogP contribution in [0.3, 0.4) is 0 Å². The molecule has 2 aromatic carbocycles. The van der Waals surface area contributed by atoms with Crippen molar-refractivity contribution in [2.75, 3.05) is 24.7 Å². The number of rotatable bonds is 5. The molecule has 1 aliphatic carbocycles. The Morgan fingerprint density at radius 2 is 1.81 bits per heavy atom. The van der Waals surface area contributed by atoms with Gasteiger partial charge in [0.25, 0.3) is 0 Å². The lowest BCUT2D eigenvalue weighted by molar-refractivity contribution is -0.148. The minimum absolute atomic E-state index is 0.0414. The average Bonchev–Trinajstić information content (AvgIpc) is 3.73. The van der Waals surface area contributed by atoms with Gasteiger partial charge in [-0.3, -0.25) is 9.59 Å². The zero-order valence-electron chi connectivity index (χ0n) is 30.7. The minimum Gasteiger partial charge on any atom is -0.504 e. The fourth-order valence-electron chi connectivity index (χ4n) is 7.81. The third kappa shape index (κ3) is 12.8. The molecule has 2 aromatic rings. The van der Waals surface area contributed by atoms with Gasteiger partial charge in [0, 0.05) is 56.1 Å². The number of phenols is 1. The molecule has 1 amide bonds. The van der Waals surface area contributed by atoms with Crippen molar-refractivity contribution >= 4 is 39.4 Å². The SMILES string of the molecule is CC(=O)O[C@@H]1CCc2cc(c(O)c(OC3CCCC3)c2)CN2C[C@@](Cc3ccccc3)(CCNC(N)=NCSSCCCCCC[C@H](O)C1)CC2=O. The Bertz CT molecular complexity index is 1470. The number of hydrogen-bond acceptors (Lipinski definition) is 11. The zero-order chi connectivity index (χ0) is 36.8. The fourth-order valence-corrected chi connectivity index (χ4v) is 9.61. The standard InChI is InChI=1S/C40H58N4O6S2/c1-29(45)49-35-17-16-31-21-32(38(48)36(22-31)50-34-14-8-9-15-34)26-44-27-40(25-37(44)47,24-30-11-5-4-6-12-30)18-19-42-39(41)43-28-52-51-20-10-3-2-7-13-33(46)23-35/h4-6,11-12,21-22,33-35,46,48H,2-3,7-10,13-20,23-28H2,1H3,(H3,41,42,43)/t33-,35+,40+/m0/s1. The number of aliphatic hydroxyl groups is 1. The number of fused-ring (bicyclic) bond motifs is 4. The summed E-state index contributed by atoms with van der Waals surface area (Å²) in [6.07, 6.45) is 11.3. The number of hydrogen-bond donors (Lipinski definition) is 4. The molecule has 52 heavy (non-hydrogen) atoms. The Balaban J connectivity index is 1.40. The van der Waals surface area contributed by atoms with Gasteiger partial charge in [0.15, 0.2) is 17.5 Å². The first-order valence-corrected chi connectivity index (χ1v) is 21.6. The predicted molar refractivity (Wildman–Crippen MR) is 210 cm³/mol. The molecule has 1 saturated heterocycles. The summed E-state index contributed by atoms with van der Waals surface area (Å²) in [6, 6.07) is 14.1. The van der Waals surface area contributed by atoms with Crippen LogP contribution in [-0.2, 0) is 33.7 Å². The van der Waals surface area contributed by atoms with Crippen LogP contribution in [0.15, 0.2) is 47.5 Å². The number of aromatic hydroxyl groups is 1. The number of nitrogens with two attached hydrogens (primary N) is 1. The van der Waals surface area contributed by atoms with Gasteiger partial charge in [-0.1, -0.05) is 77.2 Å². The van der Waals surface area contributed by atoms with Crippen LogP contribution in [-0.4, -0.2) is 76.0 Å². The maximum Gasteiger partial charge on any atom is 0.302 e. The van der Waals surface area contributed by atoms with E-state index in [1.165, 1.54) is 12.5 Å². The van der Waals surface area contributed by atoms with Crippen LogP contribution in [0.1, 0.15) is 107 Å². The third-order valence-corrected chi connectivity index (χ3v) is 12.6. The molecule has 3 atom stereocenters. The van der Waals surface area contributed by atoms with E-state index < -0.39 is 12.2 Å². The molecule has 4 bridgehead atoms. The quantitative estimate of drug-likeness (QED) is 0.188. The number of ether oxygens (including phenoxy) is 2. The lowest BCUT2D eigenvalue weighted by Gasteiger charge is -2.30. The van der Waals surface area contributed by atoms with Crippen molar-refractivity contribution < 1.29 is 29.3 Å². The number of guanidine groups is 1. The van der Waals surface area contributed by atoms with Gasteiger partial charge in [-0.25, -0.2) is 4.99 Å². The van der Waals surface area contributed by atoms with Crippen LogP contribution >= 0.6 is 21.6 Å². The predicted octanol–water partition coefficient (Wildman–Crippen LogP) is 6.89. The molecule has 10 nitrogen and oxygen atoms in total. The van der Waals surface area contributed by atoms with E-state index in [0.29, 0.717) is 68.3 Å². The molecule has 2 heterocycles. The van der Waals surface area contributed by atoms with Crippen molar-refractivity contribution in [2.24, 2.45) is 16.1 Å². The number of carbonyl (C=O) groups is 2. The van der Waals surface area contributed by atoms with E-state index in [2.05, 4.69) is 22.4 Å². The number of amides is 1. The first-order valence-electron chi connectivity index (χ1n) is 19.1. The van der Waals surface area contributed by atoms with E-state index >= 15 is 0 Å². The Morgan fingerprint density at radius 1 is 1.04 bits per heavy atom. The second kappa shape index (κ2) is 20.4. The van der Waals surface area contributed by atoms with Crippen LogP contribution in [0.25, 0.3) is 0 Å². The molecule has 0 unspecified atom stereocenters. The van der Waals surface area contributed by atoms with E-state index in [9.17, 15) is 19.8 Å². The average molecular weight is 755 g/mol. The smallest absolute Gasteiger partial charge is 0.302 e. The molecule has 5 rings (SSSR count). The molecule has 0 aromatic heterocycles. The lowest BCUT2D eigenvalue weighted by atomic mass is 9.77. The summed E-state index contributed by atoms with van der Waals surface area (Å²) in [7, 11) is 3.48. The monoisotopic (exact) mass is 754 g/mol. The van der Waals surface area contributed by atoms with Gasteiger partial charge >= 0.3 is 5.97 Å². The van der Waals surface area contributed by atoms with Gasteiger partial charge in [0.05, 0.1) is 18.1 Å². The molecule has 12 heteroatoms. The maximum absolute atomic E-state index is 13.8. The summed E-state index contributed by atoms with van der Waals surface area (Å²) in [4.78, 5) is 32.3. The number of aliphatic imine (C=N–C) groups is 1. The largest absolute Gasteiger partial charge is 0.504 e. The zero-order valence-corrected chi connectivity index (χ0v) is 32.4. The summed E-state index contributed by atoms with van der Waals surface area (Å²) in [5.41, 5.74) is 8.68. The molecule has 2 aliphatic heterocycles. The third-order valence-electron chi connectivity index (χ3n) is 10.5. The second-order valence-electron chi connectivity index (χ2n) is 14.9. The van der Waals surface area contributed by atoms with Crippen LogP contribution in [0.2, 0.25) is 0 Å². The molecule has 3 aliphatic rings. The molecule has 1 saturated carbocycles. The van der Waals surface area contributed by atoms with Gasteiger partial charge in [0.2, 0.25) is 5.91 Å². The Morgan fingerprint density at radius 3 is 2.60 bits per heavy atom. The van der Waals surface area contributed by atoms with Gasteiger partial charge in [-0.15, -0.1) is 0 Å². The van der Waals surface area contributed by atoms with Crippen molar-refractivity contribution in [3.05, 3.63) is 59.2 Å². The number of carbonyl (C=O) groups excluding carboxylic acids is 2. The number of phenolic OH excluding ortho intramolecular Hbond substituents is 1. The fraction of sp³-hybridized carbons (Fsp3) is 0.625. The summed E-state index contributed by atoms with van der Waals surface area (Å²) in [5.74, 6) is 2.21. The van der Waals surface area contributed by atoms with Gasteiger partial charge < -0.3 is 35.6 Å². The molecule has 0 radical (unpaired) electrons. The normalized spacial score (nSPS) is 25.2. The van der Waals surface area contributed by atoms with Crippen molar-refractivity contribution in [1.29, 1.82) is 0 Å². The van der Waals surface area contributed by atoms with Crippen LogP contribution in [0, 0.1) is 5.41 Å². The highest BCUT2D eigenvalue weighted by Crippen LogP contribution is 2.41. The Kier molecular flexibility index (Phi) is 15.7. The molecule has 0 spiro atoms. The number of nitrogens with one attached hydrogen (secondary N) is 1. The summed E-state index contributed by atoms with van der Waals surface area (Å²) >= 11 is 0. The number of benzene rings is 2. The first-order chi connectivity index (χ1) is 25.2. The van der Waals surface area contributed by atoms with Crippen molar-refractivity contribution in [3.8, 4) is 11.5 Å². The highest BCUT2D eigenvalue weighted by Gasteiger charge is 2.43. The van der Waals surface area contributed by atoms with E-state index in [1.807, 2.05) is 35.2 Å². The van der Waals surface area contributed by atoms with Crippen LogP contribution < -0.4 is 15.8 Å². The maximum atomic E-state index is 13.8. The number of aryl methyl sites for hydroxylation is 1. The van der Waals surface area contributed by atoms with Crippen LogP contribution in [0.4, 0.5) is 0 Å². The van der Waals surface area contributed by atoms with E-state index in [4.69, 9.17) is 15.2 Å². The molecular formula is C40H58N4O6S2. The van der Waals surface area contributed by atoms with Gasteiger partial charge in [-0.2, -0.15) is 0 Å². The molecule has 286 valence electrons. The summed E-state index contributed by atoms with van der Waals surface area (Å²) < 4.78 is 12.1. The topological polar surface area (TPSA) is 147 Å². The summed E-state index contributed by atoms with van der Waals surface area (Å²) in [6.45, 7) is 2.81. The van der Waals surface area contributed by atoms with Crippen molar-refractivity contribution in [1.82, 2.24) is 10.2 Å². The summed E-state index contributed by atoms with van der Waals surface area (Å²) in [5, 5.41) is 25.8. The van der Waals surface area contributed by atoms with E-state index in [-0.39, 0.29) is 35.7 Å². The first kappa shape index (κ1) is 40.1. The van der Waals surface area contributed by atoms with Crippen molar-refractivity contribution in [3.63, 3.8) is 0 Å². The minimum atomic E-state index is -0.557. The number of nitrogens with zero attached hydrogens (tertiary/aromatic N) is 2. The Hall–Kier alpha value is -3.09. The lowest BCUT2D eigenvalue weighted by Crippen LogP contribution is -2.37. The molecule has 5 N–H and O–H groups in total. The van der Waals surface area contributed by atoms with E-state index in [1.54, 1.807) is 21.6 Å². The molecular weight excluding hydrogens is 697 g/mol. The Labute approximate surface area is 317 Å². The van der Waals surface area contributed by atoms with E-state index in [0.717, 1.165) is 75.5 Å². The van der Waals surface area contributed by atoms with Gasteiger partial charge in [0.1, 0.15) is 6.10 Å². The highest BCUT2D eigenvalue weighted by molar-refractivity contribution is 8.76. The second-order valence-corrected chi connectivity index (χ2v) is 17.4. The van der Waals surface area contributed by atoms with Crippen LogP contribution in [0.5, 0.6) is 11.5 Å². The van der Waals surface area contributed by atoms with Gasteiger partial charge in [-0.05, 0) is 81.4 Å². The molecule has 2 fully saturated rings. The van der Waals surface area contributed by atoms with Crippen molar-refractivity contribution in [2.45, 2.75) is 128 Å². The highest BCUT2D eigenvalue weighted by atomic mass is 33.1.